The predicted octanol–water partition coefficient (Wildman–Crippen LogP) is 4.90. The summed E-state index contributed by atoms with van der Waals surface area (Å²) in [5, 5.41) is 9.88. The zero-order valence-corrected chi connectivity index (χ0v) is 19.5. The third kappa shape index (κ3) is 3.65. The first-order valence-electron chi connectivity index (χ1n) is 10.6. The molecule has 2 aromatic carbocycles. The van der Waals surface area contributed by atoms with Gasteiger partial charge in [-0.2, -0.15) is 5.26 Å². The standard InChI is InChI=1S/C24H24Cl2N4O2/c1-3-4-9-29-14-21(17-7-5-16(13-27)6-8-17)24(15-29)22(31)30(23(32)28(24)2)20-11-18(25)10-19(26)12-20/h5-8,10-12,21H,3-4,9,14-15H2,1-2H3. The van der Waals surface area contributed by atoms with Crippen molar-refractivity contribution in [1.29, 1.82) is 5.26 Å². The molecule has 2 saturated heterocycles. The number of imide groups is 1. The fraction of sp³-hybridized carbons (Fsp3) is 0.375. The van der Waals surface area contributed by atoms with Crippen LogP contribution in [0.3, 0.4) is 0 Å². The first-order valence-corrected chi connectivity index (χ1v) is 11.4. The highest BCUT2D eigenvalue weighted by molar-refractivity contribution is 6.35. The van der Waals surface area contributed by atoms with Crippen LogP contribution < -0.4 is 4.90 Å². The maximum Gasteiger partial charge on any atom is 0.332 e. The molecule has 0 N–H and O–H groups in total. The maximum atomic E-state index is 14.0. The highest BCUT2D eigenvalue weighted by Crippen LogP contribution is 2.46. The number of amides is 3. The van der Waals surface area contributed by atoms with E-state index in [1.54, 1.807) is 42.3 Å². The Hall–Kier alpha value is -2.59. The van der Waals surface area contributed by atoms with Gasteiger partial charge in [-0.05, 0) is 48.9 Å². The molecule has 2 aliphatic heterocycles. The molecule has 32 heavy (non-hydrogen) atoms. The summed E-state index contributed by atoms with van der Waals surface area (Å²) in [7, 11) is 1.69. The lowest BCUT2D eigenvalue weighted by molar-refractivity contribution is -0.124. The average molecular weight is 471 g/mol. The number of nitriles is 1. The van der Waals surface area contributed by atoms with Crippen molar-refractivity contribution in [3.8, 4) is 6.07 Å². The van der Waals surface area contributed by atoms with Crippen molar-refractivity contribution in [2.45, 2.75) is 31.2 Å². The largest absolute Gasteiger partial charge is 0.332 e. The van der Waals surface area contributed by atoms with Gasteiger partial charge in [0.1, 0.15) is 5.54 Å². The SMILES string of the molecule is CCCCN1CC(c2ccc(C#N)cc2)C2(C1)C(=O)N(c1cc(Cl)cc(Cl)c1)C(=O)N2C. The van der Waals surface area contributed by atoms with Gasteiger partial charge < -0.3 is 4.90 Å². The van der Waals surface area contributed by atoms with Crippen LogP contribution in [0.5, 0.6) is 0 Å². The Balaban J connectivity index is 1.79. The molecular formula is C24H24Cl2N4O2. The Kier molecular flexibility index (Phi) is 6.17. The number of likely N-dealkylation sites (tertiary alicyclic amines) is 1. The molecule has 2 atom stereocenters. The number of unbranched alkanes of at least 4 members (excludes halogenated alkanes) is 1. The zero-order chi connectivity index (χ0) is 23.0. The van der Waals surface area contributed by atoms with E-state index in [1.807, 2.05) is 12.1 Å². The Bertz CT molecular complexity index is 1080. The normalized spacial score (nSPS) is 23.4. The highest BCUT2D eigenvalue weighted by Gasteiger charge is 2.64. The number of benzene rings is 2. The van der Waals surface area contributed by atoms with Gasteiger partial charge in [-0.1, -0.05) is 48.7 Å². The number of anilines is 1. The van der Waals surface area contributed by atoms with Crippen LogP contribution in [0.4, 0.5) is 10.5 Å². The molecule has 6 nitrogen and oxygen atoms in total. The second-order valence-corrected chi connectivity index (χ2v) is 9.28. The minimum absolute atomic E-state index is 0.229. The molecular weight excluding hydrogens is 447 g/mol. The molecule has 0 aromatic heterocycles. The van der Waals surface area contributed by atoms with Crippen LogP contribution in [0, 0.1) is 11.3 Å². The van der Waals surface area contributed by atoms with E-state index in [2.05, 4.69) is 17.9 Å². The third-order valence-corrected chi connectivity index (χ3v) is 6.94. The van der Waals surface area contributed by atoms with Gasteiger partial charge in [-0.15, -0.1) is 0 Å². The van der Waals surface area contributed by atoms with Crippen molar-refractivity contribution in [2.75, 3.05) is 31.6 Å². The molecule has 0 saturated carbocycles. The van der Waals surface area contributed by atoms with Crippen LogP contribution in [0.15, 0.2) is 42.5 Å². The lowest BCUT2D eigenvalue weighted by Gasteiger charge is -2.34. The number of urea groups is 1. The molecule has 8 heteroatoms. The fourth-order valence-electron chi connectivity index (χ4n) is 4.85. The first kappa shape index (κ1) is 22.6. The van der Waals surface area contributed by atoms with Gasteiger partial charge in [0.2, 0.25) is 0 Å². The van der Waals surface area contributed by atoms with Gasteiger partial charge in [-0.3, -0.25) is 9.69 Å². The van der Waals surface area contributed by atoms with Gasteiger partial charge in [0, 0.05) is 36.1 Å². The Morgan fingerprint density at radius 1 is 1.12 bits per heavy atom. The van der Waals surface area contributed by atoms with Crippen LogP contribution in [-0.4, -0.2) is 54.0 Å². The van der Waals surface area contributed by atoms with E-state index in [9.17, 15) is 9.59 Å². The van der Waals surface area contributed by atoms with Gasteiger partial charge >= 0.3 is 6.03 Å². The quantitative estimate of drug-likeness (QED) is 0.582. The summed E-state index contributed by atoms with van der Waals surface area (Å²) in [5.74, 6) is -0.509. The minimum atomic E-state index is -1.05. The van der Waals surface area contributed by atoms with Crippen molar-refractivity contribution in [1.82, 2.24) is 9.80 Å². The van der Waals surface area contributed by atoms with Gasteiger partial charge in [-0.25, -0.2) is 9.69 Å². The fourth-order valence-corrected chi connectivity index (χ4v) is 5.36. The summed E-state index contributed by atoms with van der Waals surface area (Å²) in [6, 6.07) is 13.8. The molecule has 2 heterocycles. The summed E-state index contributed by atoms with van der Waals surface area (Å²) in [6.07, 6.45) is 2.05. The average Bonchev–Trinajstić information content (AvgIpc) is 3.24. The number of likely N-dealkylation sites (N-methyl/N-ethyl adjacent to an activating group) is 1. The molecule has 0 bridgehead atoms. The smallest absolute Gasteiger partial charge is 0.310 e. The summed E-state index contributed by atoms with van der Waals surface area (Å²) in [5.41, 5.74) is 0.808. The number of nitrogens with zero attached hydrogens (tertiary/aromatic N) is 4. The van der Waals surface area contributed by atoms with E-state index < -0.39 is 11.6 Å². The maximum absolute atomic E-state index is 14.0. The topological polar surface area (TPSA) is 67.6 Å². The predicted molar refractivity (Wildman–Crippen MR) is 125 cm³/mol. The minimum Gasteiger partial charge on any atom is -0.310 e. The Morgan fingerprint density at radius 3 is 2.38 bits per heavy atom. The molecule has 1 spiro atoms. The molecule has 2 aromatic rings. The highest BCUT2D eigenvalue weighted by atomic mass is 35.5. The van der Waals surface area contributed by atoms with Crippen LogP contribution >= 0.6 is 23.2 Å². The van der Waals surface area contributed by atoms with Crippen molar-refractivity contribution in [3.63, 3.8) is 0 Å². The lowest BCUT2D eigenvalue weighted by atomic mass is 9.80. The molecule has 3 amide bonds. The van der Waals surface area contributed by atoms with Crippen molar-refractivity contribution < 1.29 is 9.59 Å². The summed E-state index contributed by atoms with van der Waals surface area (Å²) in [4.78, 5) is 32.4. The Morgan fingerprint density at radius 2 is 1.78 bits per heavy atom. The summed E-state index contributed by atoms with van der Waals surface area (Å²) in [6.45, 7) is 4.08. The van der Waals surface area contributed by atoms with Gasteiger partial charge in [0.05, 0.1) is 17.3 Å². The monoisotopic (exact) mass is 470 g/mol. The first-order chi connectivity index (χ1) is 15.3. The van der Waals surface area contributed by atoms with E-state index in [1.165, 1.54) is 4.90 Å². The third-order valence-electron chi connectivity index (χ3n) is 6.51. The van der Waals surface area contributed by atoms with E-state index >= 15 is 0 Å². The van der Waals surface area contributed by atoms with E-state index in [0.717, 1.165) is 24.9 Å². The summed E-state index contributed by atoms with van der Waals surface area (Å²) >= 11 is 12.3. The van der Waals surface area contributed by atoms with Crippen molar-refractivity contribution >= 4 is 40.8 Å². The number of rotatable bonds is 5. The molecule has 0 aliphatic carbocycles. The van der Waals surface area contributed by atoms with E-state index in [4.69, 9.17) is 28.5 Å². The Labute approximate surface area is 197 Å². The number of halogens is 2. The van der Waals surface area contributed by atoms with E-state index in [0.29, 0.717) is 34.4 Å². The zero-order valence-electron chi connectivity index (χ0n) is 18.0. The number of hydrogen-bond acceptors (Lipinski definition) is 4. The molecule has 166 valence electrons. The number of carbonyl (C=O) groups is 2. The van der Waals surface area contributed by atoms with Gasteiger partial charge in [0.15, 0.2) is 0 Å². The second-order valence-electron chi connectivity index (χ2n) is 8.41. The molecule has 0 radical (unpaired) electrons. The lowest BCUT2D eigenvalue weighted by Crippen LogP contribution is -2.53. The molecule has 4 rings (SSSR count). The number of carbonyl (C=O) groups excluding carboxylic acids is 2. The van der Waals surface area contributed by atoms with Crippen LogP contribution in [0.25, 0.3) is 0 Å². The molecule has 2 aliphatic rings. The van der Waals surface area contributed by atoms with Crippen LogP contribution in [-0.2, 0) is 4.79 Å². The molecule has 2 unspecified atom stereocenters. The molecule has 2 fully saturated rings. The van der Waals surface area contributed by atoms with Gasteiger partial charge in [0.25, 0.3) is 5.91 Å². The summed E-state index contributed by atoms with van der Waals surface area (Å²) < 4.78 is 0. The number of hydrogen-bond donors (Lipinski definition) is 0. The second kappa shape index (κ2) is 8.74. The van der Waals surface area contributed by atoms with E-state index in [-0.39, 0.29) is 11.8 Å². The van der Waals surface area contributed by atoms with Crippen molar-refractivity contribution in [3.05, 3.63) is 63.6 Å². The van der Waals surface area contributed by atoms with Crippen LogP contribution in [0.1, 0.15) is 36.8 Å². The van der Waals surface area contributed by atoms with Crippen molar-refractivity contribution in [2.24, 2.45) is 0 Å². The van der Waals surface area contributed by atoms with Crippen LogP contribution in [0.2, 0.25) is 10.0 Å².